The van der Waals surface area contributed by atoms with Crippen LogP contribution in [0.1, 0.15) is 39.0 Å². The Bertz CT molecular complexity index is 313. The van der Waals surface area contributed by atoms with Gasteiger partial charge in [0.05, 0.1) is 6.07 Å². The van der Waals surface area contributed by atoms with E-state index in [1.807, 2.05) is 0 Å². The van der Waals surface area contributed by atoms with Gasteiger partial charge in [0.2, 0.25) is 0 Å². The van der Waals surface area contributed by atoms with E-state index in [9.17, 15) is 5.26 Å². The van der Waals surface area contributed by atoms with Crippen molar-refractivity contribution in [1.29, 1.82) is 5.26 Å². The van der Waals surface area contributed by atoms with Crippen molar-refractivity contribution in [2.45, 2.75) is 50.6 Å². The Balaban J connectivity index is 1.71. The summed E-state index contributed by atoms with van der Waals surface area (Å²) in [7, 11) is 2.19. The summed E-state index contributed by atoms with van der Waals surface area (Å²) in [5.41, 5.74) is -0.270. The molecule has 2 fully saturated rings. The van der Waals surface area contributed by atoms with Crippen LogP contribution in [0.4, 0.5) is 0 Å². The highest BCUT2D eigenvalue weighted by Gasteiger charge is 2.34. The van der Waals surface area contributed by atoms with E-state index in [0.717, 1.165) is 25.8 Å². The van der Waals surface area contributed by atoms with E-state index in [1.165, 1.54) is 39.0 Å². The van der Waals surface area contributed by atoms with Crippen LogP contribution in [0.15, 0.2) is 0 Å². The van der Waals surface area contributed by atoms with Gasteiger partial charge in [-0.05, 0) is 45.7 Å². The van der Waals surface area contributed by atoms with Gasteiger partial charge in [0.25, 0.3) is 0 Å². The molecule has 0 aromatic heterocycles. The van der Waals surface area contributed by atoms with E-state index in [0.29, 0.717) is 6.04 Å². The van der Waals surface area contributed by atoms with Crippen LogP contribution in [-0.4, -0.2) is 61.2 Å². The molecule has 0 amide bonds. The Morgan fingerprint density at radius 3 is 2.47 bits per heavy atom. The van der Waals surface area contributed by atoms with Gasteiger partial charge in [-0.3, -0.25) is 5.32 Å². The zero-order valence-corrected chi connectivity index (χ0v) is 12.5. The highest BCUT2D eigenvalue weighted by Crippen LogP contribution is 2.26. The fourth-order valence-corrected chi connectivity index (χ4v) is 2.81. The van der Waals surface area contributed by atoms with Crippen LogP contribution in [-0.2, 0) is 0 Å². The van der Waals surface area contributed by atoms with E-state index in [4.69, 9.17) is 0 Å². The second-order valence-corrected chi connectivity index (χ2v) is 6.21. The van der Waals surface area contributed by atoms with Crippen molar-refractivity contribution in [3.63, 3.8) is 0 Å². The number of piperazine rings is 1. The molecule has 1 aliphatic heterocycles. The lowest BCUT2D eigenvalue weighted by Gasteiger charge is -2.33. The van der Waals surface area contributed by atoms with Crippen LogP contribution in [0.3, 0.4) is 0 Å². The highest BCUT2D eigenvalue weighted by atomic mass is 15.2. The normalized spacial score (nSPS) is 24.9. The number of hydrogen-bond acceptors (Lipinski definition) is 4. The van der Waals surface area contributed by atoms with Crippen molar-refractivity contribution in [2.75, 3.05) is 39.8 Å². The largest absolute Gasteiger partial charge is 0.304 e. The van der Waals surface area contributed by atoms with Crippen molar-refractivity contribution in [1.82, 2.24) is 15.1 Å². The summed E-state index contributed by atoms with van der Waals surface area (Å²) < 4.78 is 0. The summed E-state index contributed by atoms with van der Waals surface area (Å²) >= 11 is 0. The summed E-state index contributed by atoms with van der Waals surface area (Å²) in [4.78, 5) is 4.92. The molecular weight excluding hydrogens is 236 g/mol. The molecule has 19 heavy (non-hydrogen) atoms. The second-order valence-electron chi connectivity index (χ2n) is 6.21. The Labute approximate surface area is 117 Å². The molecule has 1 N–H and O–H groups in total. The first kappa shape index (κ1) is 14.8. The molecule has 4 heteroatoms. The van der Waals surface area contributed by atoms with Gasteiger partial charge in [0, 0.05) is 32.2 Å². The number of likely N-dealkylation sites (N-methyl/N-ethyl adjacent to an activating group) is 1. The van der Waals surface area contributed by atoms with Gasteiger partial charge in [0.1, 0.15) is 5.54 Å². The van der Waals surface area contributed by atoms with Gasteiger partial charge < -0.3 is 9.80 Å². The van der Waals surface area contributed by atoms with Gasteiger partial charge >= 0.3 is 0 Å². The van der Waals surface area contributed by atoms with Crippen LogP contribution in [0.25, 0.3) is 0 Å². The lowest BCUT2D eigenvalue weighted by molar-refractivity contribution is 0.149. The monoisotopic (exact) mass is 264 g/mol. The van der Waals surface area contributed by atoms with Crippen LogP contribution in [0.2, 0.25) is 0 Å². The van der Waals surface area contributed by atoms with Crippen molar-refractivity contribution >= 4 is 0 Å². The lowest BCUT2D eigenvalue weighted by atomic mass is 9.91. The molecule has 1 saturated heterocycles. The first-order valence-corrected chi connectivity index (χ1v) is 7.77. The van der Waals surface area contributed by atoms with Crippen LogP contribution in [0.5, 0.6) is 0 Å². The number of nitrogens with one attached hydrogen (secondary N) is 1. The Hall–Kier alpha value is -0.630. The minimum atomic E-state index is -0.270. The van der Waals surface area contributed by atoms with Crippen molar-refractivity contribution < 1.29 is 0 Å². The maximum atomic E-state index is 9.49. The number of nitriles is 1. The predicted molar refractivity (Wildman–Crippen MR) is 78.0 cm³/mol. The van der Waals surface area contributed by atoms with E-state index in [1.54, 1.807) is 0 Å². The van der Waals surface area contributed by atoms with E-state index in [-0.39, 0.29) is 5.54 Å². The molecule has 1 unspecified atom stereocenters. The summed E-state index contributed by atoms with van der Waals surface area (Å²) in [6, 6.07) is 3.16. The molecule has 1 saturated carbocycles. The van der Waals surface area contributed by atoms with Crippen LogP contribution < -0.4 is 5.32 Å². The maximum absolute atomic E-state index is 9.49. The number of hydrogen-bond donors (Lipinski definition) is 1. The molecule has 1 heterocycles. The minimum absolute atomic E-state index is 0.270. The summed E-state index contributed by atoms with van der Waals surface area (Å²) in [6.07, 6.45) is 5.54. The summed E-state index contributed by atoms with van der Waals surface area (Å²) in [5, 5.41) is 13.1. The molecule has 2 rings (SSSR count). The first-order valence-electron chi connectivity index (χ1n) is 7.77. The third-order valence-corrected chi connectivity index (χ3v) is 4.55. The number of rotatable bonds is 7. The molecule has 0 aromatic carbocycles. The third-order valence-electron chi connectivity index (χ3n) is 4.55. The predicted octanol–water partition coefficient (Wildman–Crippen LogP) is 1.44. The topological polar surface area (TPSA) is 42.3 Å². The van der Waals surface area contributed by atoms with Crippen LogP contribution in [0, 0.1) is 11.3 Å². The van der Waals surface area contributed by atoms with E-state index >= 15 is 0 Å². The minimum Gasteiger partial charge on any atom is -0.304 e. The maximum Gasteiger partial charge on any atom is 0.106 e. The zero-order valence-electron chi connectivity index (χ0n) is 12.5. The molecule has 0 aromatic rings. The summed E-state index contributed by atoms with van der Waals surface area (Å²) in [6.45, 7) is 7.99. The summed E-state index contributed by atoms with van der Waals surface area (Å²) in [5.74, 6) is 0. The molecule has 4 nitrogen and oxygen atoms in total. The van der Waals surface area contributed by atoms with Gasteiger partial charge in [-0.25, -0.2) is 0 Å². The molecular formula is C15H28N4. The fourth-order valence-electron chi connectivity index (χ4n) is 2.81. The fraction of sp³-hybridized carbons (Fsp3) is 0.933. The van der Waals surface area contributed by atoms with E-state index in [2.05, 4.69) is 35.2 Å². The molecule has 1 aliphatic carbocycles. The Kier molecular flexibility index (Phi) is 5.20. The average Bonchev–Trinajstić information content (AvgIpc) is 3.24. The smallest absolute Gasteiger partial charge is 0.106 e. The zero-order chi connectivity index (χ0) is 13.7. The quantitative estimate of drug-likeness (QED) is 0.755. The van der Waals surface area contributed by atoms with Gasteiger partial charge in [-0.1, -0.05) is 6.92 Å². The Morgan fingerprint density at radius 1 is 1.26 bits per heavy atom. The molecule has 1 atom stereocenters. The van der Waals surface area contributed by atoms with Crippen molar-refractivity contribution in [3.05, 3.63) is 0 Å². The SMILES string of the molecule is CCC(C#N)(CCCN1CCN(C)CC1)NC1CC1. The first-order chi connectivity index (χ1) is 9.17. The van der Waals surface area contributed by atoms with Gasteiger partial charge in [-0.15, -0.1) is 0 Å². The van der Waals surface area contributed by atoms with Gasteiger partial charge in [0.15, 0.2) is 0 Å². The molecule has 108 valence electrons. The van der Waals surface area contributed by atoms with Crippen molar-refractivity contribution in [3.8, 4) is 6.07 Å². The van der Waals surface area contributed by atoms with Crippen molar-refractivity contribution in [2.24, 2.45) is 0 Å². The average molecular weight is 264 g/mol. The lowest BCUT2D eigenvalue weighted by Crippen LogP contribution is -2.47. The third kappa shape index (κ3) is 4.45. The second kappa shape index (κ2) is 6.69. The highest BCUT2D eigenvalue weighted by molar-refractivity contribution is 5.09. The number of nitrogens with zero attached hydrogens (tertiary/aromatic N) is 3. The molecule has 2 aliphatic rings. The molecule has 0 bridgehead atoms. The van der Waals surface area contributed by atoms with Crippen LogP contribution >= 0.6 is 0 Å². The van der Waals surface area contributed by atoms with Gasteiger partial charge in [-0.2, -0.15) is 5.26 Å². The molecule has 0 radical (unpaired) electrons. The standard InChI is InChI=1S/C15H28N4/c1-3-15(13-16,17-14-5-6-14)7-4-8-19-11-9-18(2)10-12-19/h14,17H,3-12H2,1-2H3. The van der Waals surface area contributed by atoms with E-state index < -0.39 is 0 Å². The molecule has 0 spiro atoms. The Morgan fingerprint density at radius 2 is 1.95 bits per heavy atom.